The summed E-state index contributed by atoms with van der Waals surface area (Å²) >= 11 is 0. The van der Waals surface area contributed by atoms with Crippen LogP contribution in [0, 0.1) is 0 Å². The molecular weight excluding hydrogens is 263 g/mol. The van der Waals surface area contributed by atoms with Gasteiger partial charge in [0.05, 0.1) is 11.3 Å². The molecule has 2 rings (SSSR count). The highest BCUT2D eigenvalue weighted by molar-refractivity contribution is 6.08. The lowest BCUT2D eigenvalue weighted by Crippen LogP contribution is -2.43. The number of hydrogen-bond donors (Lipinski definition) is 1. The van der Waals surface area contributed by atoms with Crippen LogP contribution < -0.4 is 4.90 Å². The lowest BCUT2D eigenvalue weighted by Gasteiger charge is -2.32. The number of benzene rings is 1. The van der Waals surface area contributed by atoms with Crippen molar-refractivity contribution < 1.29 is 27.9 Å². The number of carbonyl (C=O) groups excluding carboxylic acids is 1. The molecule has 0 saturated carbocycles. The molecule has 0 spiro atoms. The minimum absolute atomic E-state index is 0.00394. The van der Waals surface area contributed by atoms with Gasteiger partial charge in [-0.3, -0.25) is 9.69 Å². The summed E-state index contributed by atoms with van der Waals surface area (Å²) in [5.74, 6) is -0.480. The normalized spacial score (nSPS) is 19.3. The Morgan fingerprint density at radius 3 is 2.58 bits per heavy atom. The zero-order chi connectivity index (χ0) is 14.4. The molecule has 7 heteroatoms. The van der Waals surface area contributed by atoms with Gasteiger partial charge in [-0.05, 0) is 25.1 Å². The van der Waals surface area contributed by atoms with Gasteiger partial charge in [0.2, 0.25) is 0 Å². The molecule has 1 aliphatic heterocycles. The van der Waals surface area contributed by atoms with Gasteiger partial charge in [-0.2, -0.15) is 13.2 Å². The molecule has 1 atom stereocenters. The zero-order valence-corrected chi connectivity index (χ0v) is 9.86. The standard InChI is InChI=1S/C12H10F3NO3/c1-6-4-10(17)8-5-7(12(13,14)15)2-3-9(8)16(6)11(18)19/h2-3,5-6H,4H2,1H3,(H,18,19). The van der Waals surface area contributed by atoms with Crippen molar-refractivity contribution in [2.24, 2.45) is 0 Å². The van der Waals surface area contributed by atoms with E-state index in [1.54, 1.807) is 0 Å². The van der Waals surface area contributed by atoms with Crippen LogP contribution in [-0.4, -0.2) is 23.0 Å². The summed E-state index contributed by atoms with van der Waals surface area (Å²) in [5.41, 5.74) is -1.15. The van der Waals surface area contributed by atoms with Gasteiger partial charge in [-0.25, -0.2) is 4.79 Å². The Morgan fingerprint density at radius 1 is 1.42 bits per heavy atom. The summed E-state index contributed by atoms with van der Waals surface area (Å²) in [4.78, 5) is 23.8. The van der Waals surface area contributed by atoms with E-state index in [9.17, 15) is 22.8 Å². The molecule has 0 bridgehead atoms. The molecule has 0 fully saturated rings. The third-order valence-corrected chi connectivity index (χ3v) is 3.01. The quantitative estimate of drug-likeness (QED) is 0.789. The molecule has 19 heavy (non-hydrogen) atoms. The molecule has 1 N–H and O–H groups in total. The van der Waals surface area contributed by atoms with Crippen LogP contribution in [-0.2, 0) is 6.18 Å². The van der Waals surface area contributed by atoms with Gasteiger partial charge in [0.15, 0.2) is 5.78 Å². The van der Waals surface area contributed by atoms with Gasteiger partial charge in [0.1, 0.15) is 0 Å². The maximum absolute atomic E-state index is 12.6. The number of amides is 1. The van der Waals surface area contributed by atoms with Crippen molar-refractivity contribution in [2.45, 2.75) is 25.6 Å². The number of Topliss-reactive ketones (excluding diaryl/α,β-unsaturated/α-hetero) is 1. The van der Waals surface area contributed by atoms with Crippen LogP contribution in [0.25, 0.3) is 0 Å². The monoisotopic (exact) mass is 273 g/mol. The zero-order valence-electron chi connectivity index (χ0n) is 9.86. The van der Waals surface area contributed by atoms with Crippen molar-refractivity contribution >= 4 is 17.6 Å². The molecule has 102 valence electrons. The topological polar surface area (TPSA) is 57.6 Å². The van der Waals surface area contributed by atoms with Crippen LogP contribution in [0.15, 0.2) is 18.2 Å². The van der Waals surface area contributed by atoms with Crippen LogP contribution in [0.3, 0.4) is 0 Å². The molecular formula is C12H10F3NO3. The van der Waals surface area contributed by atoms with Gasteiger partial charge >= 0.3 is 12.3 Å². The van der Waals surface area contributed by atoms with E-state index in [4.69, 9.17) is 5.11 Å². The van der Waals surface area contributed by atoms with Crippen LogP contribution in [0.4, 0.5) is 23.7 Å². The maximum atomic E-state index is 12.6. The SMILES string of the molecule is CC1CC(=O)c2cc(C(F)(F)F)ccc2N1C(=O)O. The molecule has 0 aromatic heterocycles. The van der Waals surface area contributed by atoms with Gasteiger partial charge < -0.3 is 5.11 Å². The fourth-order valence-corrected chi connectivity index (χ4v) is 2.14. The molecule has 0 saturated heterocycles. The fourth-order valence-electron chi connectivity index (χ4n) is 2.14. The Balaban J connectivity index is 2.58. The summed E-state index contributed by atoms with van der Waals surface area (Å²) < 4.78 is 37.7. The highest BCUT2D eigenvalue weighted by Crippen LogP contribution is 2.36. The number of rotatable bonds is 0. The van der Waals surface area contributed by atoms with Crippen LogP contribution in [0.5, 0.6) is 0 Å². The summed E-state index contributed by atoms with van der Waals surface area (Å²) in [6.45, 7) is 1.53. The van der Waals surface area contributed by atoms with E-state index >= 15 is 0 Å². The van der Waals surface area contributed by atoms with E-state index in [1.165, 1.54) is 6.92 Å². The Bertz CT molecular complexity index is 554. The first-order chi connectivity index (χ1) is 8.71. The van der Waals surface area contributed by atoms with E-state index in [-0.39, 0.29) is 17.7 Å². The van der Waals surface area contributed by atoms with Crippen molar-refractivity contribution in [3.8, 4) is 0 Å². The number of fused-ring (bicyclic) bond motifs is 1. The second-order valence-corrected chi connectivity index (χ2v) is 4.36. The largest absolute Gasteiger partial charge is 0.465 e. The molecule has 1 aromatic rings. The number of carbonyl (C=O) groups is 2. The first-order valence-electron chi connectivity index (χ1n) is 5.48. The lowest BCUT2D eigenvalue weighted by molar-refractivity contribution is -0.137. The van der Waals surface area contributed by atoms with Crippen molar-refractivity contribution in [3.05, 3.63) is 29.3 Å². The molecule has 1 aliphatic rings. The number of hydrogen-bond acceptors (Lipinski definition) is 2. The molecule has 0 aliphatic carbocycles. The van der Waals surface area contributed by atoms with Gasteiger partial charge in [0, 0.05) is 18.0 Å². The highest BCUT2D eigenvalue weighted by Gasteiger charge is 2.36. The van der Waals surface area contributed by atoms with Crippen molar-refractivity contribution in [1.82, 2.24) is 0 Å². The van der Waals surface area contributed by atoms with Crippen LogP contribution in [0.1, 0.15) is 29.3 Å². The Kier molecular flexibility index (Phi) is 3.00. The Hall–Kier alpha value is -2.05. The predicted molar refractivity (Wildman–Crippen MR) is 60.4 cm³/mol. The predicted octanol–water partition coefficient (Wildman–Crippen LogP) is 3.16. The Morgan fingerprint density at radius 2 is 2.05 bits per heavy atom. The number of nitrogens with zero attached hydrogens (tertiary/aromatic N) is 1. The summed E-state index contributed by atoms with van der Waals surface area (Å²) in [6.07, 6.45) is -5.98. The van der Waals surface area contributed by atoms with E-state index < -0.39 is 29.7 Å². The van der Waals surface area contributed by atoms with Gasteiger partial charge in [-0.1, -0.05) is 0 Å². The average Bonchev–Trinajstić information content (AvgIpc) is 2.26. The number of anilines is 1. The molecule has 1 heterocycles. The average molecular weight is 273 g/mol. The minimum Gasteiger partial charge on any atom is -0.465 e. The van der Waals surface area contributed by atoms with Crippen molar-refractivity contribution in [1.29, 1.82) is 0 Å². The maximum Gasteiger partial charge on any atom is 0.416 e. The number of carboxylic acid groups (broad SMARTS) is 1. The Labute approximate surface area is 106 Å². The molecule has 1 aromatic carbocycles. The third kappa shape index (κ3) is 2.27. The smallest absolute Gasteiger partial charge is 0.416 e. The van der Waals surface area contributed by atoms with E-state index in [1.807, 2.05) is 0 Å². The van der Waals surface area contributed by atoms with Crippen molar-refractivity contribution in [2.75, 3.05) is 4.90 Å². The number of ketones is 1. The lowest BCUT2D eigenvalue weighted by atomic mass is 9.94. The van der Waals surface area contributed by atoms with E-state index in [2.05, 4.69) is 0 Å². The first kappa shape index (κ1) is 13.4. The number of alkyl halides is 3. The second-order valence-electron chi connectivity index (χ2n) is 4.36. The summed E-state index contributed by atoms with van der Waals surface area (Å²) in [5, 5.41) is 9.06. The molecule has 1 amide bonds. The van der Waals surface area contributed by atoms with E-state index in [0.717, 1.165) is 17.0 Å². The third-order valence-electron chi connectivity index (χ3n) is 3.01. The molecule has 4 nitrogen and oxygen atoms in total. The van der Waals surface area contributed by atoms with Crippen LogP contribution in [0.2, 0.25) is 0 Å². The first-order valence-corrected chi connectivity index (χ1v) is 5.48. The summed E-state index contributed by atoms with van der Waals surface area (Å²) in [6, 6.07) is 1.92. The highest BCUT2D eigenvalue weighted by atomic mass is 19.4. The molecule has 1 unspecified atom stereocenters. The fraction of sp³-hybridized carbons (Fsp3) is 0.333. The number of halogens is 3. The van der Waals surface area contributed by atoms with E-state index in [0.29, 0.717) is 6.07 Å². The van der Waals surface area contributed by atoms with Gasteiger partial charge in [-0.15, -0.1) is 0 Å². The molecule has 0 radical (unpaired) electrons. The van der Waals surface area contributed by atoms with Crippen LogP contribution >= 0.6 is 0 Å². The minimum atomic E-state index is -4.56. The summed E-state index contributed by atoms with van der Waals surface area (Å²) in [7, 11) is 0. The van der Waals surface area contributed by atoms with Crippen molar-refractivity contribution in [3.63, 3.8) is 0 Å². The second kappa shape index (κ2) is 4.25. The van der Waals surface area contributed by atoms with Gasteiger partial charge in [0.25, 0.3) is 0 Å².